The lowest BCUT2D eigenvalue weighted by Crippen LogP contribution is -2.28. The molecule has 0 aliphatic rings. The lowest BCUT2D eigenvalue weighted by Gasteiger charge is -2.23. The zero-order valence-electron chi connectivity index (χ0n) is 11.3. The molecule has 0 amide bonds. The molecule has 1 heterocycles. The van der Waals surface area contributed by atoms with E-state index >= 15 is 0 Å². The molecule has 0 bridgehead atoms. The van der Waals surface area contributed by atoms with Gasteiger partial charge in [-0.1, -0.05) is 0 Å². The second kappa shape index (κ2) is 7.80. The summed E-state index contributed by atoms with van der Waals surface area (Å²) >= 11 is 1.91. The lowest BCUT2D eigenvalue weighted by molar-refractivity contribution is 0.224. The average Bonchev–Trinajstić information content (AvgIpc) is 2.74. The number of hydrogen-bond donors (Lipinski definition) is 1. The highest BCUT2D eigenvalue weighted by Gasteiger charge is 2.11. The Morgan fingerprint density at radius 2 is 2.12 bits per heavy atom. The number of nitrogens with zero attached hydrogens (tertiary/aromatic N) is 1. The van der Waals surface area contributed by atoms with Gasteiger partial charge in [-0.3, -0.25) is 4.90 Å². The number of rotatable bonds is 8. The third-order valence-electron chi connectivity index (χ3n) is 2.97. The average molecular weight is 256 g/mol. The molecule has 0 aliphatic heterocycles. The van der Waals surface area contributed by atoms with Crippen molar-refractivity contribution in [2.24, 2.45) is 0 Å². The van der Waals surface area contributed by atoms with E-state index in [2.05, 4.69) is 36.5 Å². The van der Waals surface area contributed by atoms with Crippen LogP contribution in [0.1, 0.15) is 24.9 Å². The van der Waals surface area contributed by atoms with Gasteiger partial charge in [0.25, 0.3) is 0 Å². The Hall–Kier alpha value is -0.450. The van der Waals surface area contributed by atoms with E-state index in [1.807, 2.05) is 24.9 Å². The highest BCUT2D eigenvalue weighted by molar-refractivity contribution is 7.98. The van der Waals surface area contributed by atoms with Gasteiger partial charge in [-0.25, -0.2) is 0 Å². The van der Waals surface area contributed by atoms with Gasteiger partial charge in [-0.05, 0) is 51.6 Å². The third-order valence-corrected chi connectivity index (χ3v) is 3.61. The topological polar surface area (TPSA) is 28.4 Å². The highest BCUT2D eigenvalue weighted by atomic mass is 32.2. The van der Waals surface area contributed by atoms with Crippen molar-refractivity contribution in [2.75, 3.05) is 26.1 Å². The van der Waals surface area contributed by atoms with Gasteiger partial charge in [0.15, 0.2) is 0 Å². The van der Waals surface area contributed by atoms with Gasteiger partial charge in [-0.15, -0.1) is 0 Å². The number of nitrogens with one attached hydrogen (secondary N) is 1. The number of hydrogen-bond acceptors (Lipinski definition) is 4. The Labute approximate surface area is 109 Å². The van der Waals surface area contributed by atoms with Crippen LogP contribution in [-0.2, 0) is 13.1 Å². The first-order valence-corrected chi connectivity index (χ1v) is 7.48. The molecule has 1 aromatic heterocycles. The maximum absolute atomic E-state index is 5.74. The van der Waals surface area contributed by atoms with Crippen molar-refractivity contribution in [3.8, 4) is 0 Å². The van der Waals surface area contributed by atoms with Crippen molar-refractivity contribution in [3.63, 3.8) is 0 Å². The van der Waals surface area contributed by atoms with Crippen molar-refractivity contribution in [1.29, 1.82) is 0 Å². The summed E-state index contributed by atoms with van der Waals surface area (Å²) in [6.45, 7) is 3.96. The zero-order valence-corrected chi connectivity index (χ0v) is 12.1. The van der Waals surface area contributed by atoms with Crippen molar-refractivity contribution in [3.05, 3.63) is 23.7 Å². The summed E-state index contributed by atoms with van der Waals surface area (Å²) in [5, 5.41) is 3.09. The summed E-state index contributed by atoms with van der Waals surface area (Å²) in [7, 11) is 4.09. The van der Waals surface area contributed by atoms with E-state index in [1.54, 1.807) is 0 Å². The van der Waals surface area contributed by atoms with Crippen LogP contribution in [0.15, 0.2) is 16.5 Å². The molecule has 0 aliphatic carbocycles. The Bertz CT molecular complexity index is 314. The highest BCUT2D eigenvalue weighted by Crippen LogP contribution is 2.13. The predicted octanol–water partition coefficient (Wildman–Crippen LogP) is 2.57. The van der Waals surface area contributed by atoms with Crippen molar-refractivity contribution >= 4 is 11.8 Å². The molecule has 1 unspecified atom stereocenters. The fourth-order valence-corrected chi connectivity index (χ4v) is 2.26. The van der Waals surface area contributed by atoms with Crippen molar-refractivity contribution < 1.29 is 4.42 Å². The van der Waals surface area contributed by atoms with Gasteiger partial charge < -0.3 is 9.73 Å². The van der Waals surface area contributed by atoms with Crippen LogP contribution < -0.4 is 5.32 Å². The SMILES string of the molecule is CNCc1ccc(CN(C)C(C)CCSC)o1. The van der Waals surface area contributed by atoms with Crippen LogP contribution in [0.25, 0.3) is 0 Å². The molecule has 17 heavy (non-hydrogen) atoms. The van der Waals surface area contributed by atoms with E-state index in [0.29, 0.717) is 6.04 Å². The van der Waals surface area contributed by atoms with E-state index in [-0.39, 0.29) is 0 Å². The molecule has 1 atom stereocenters. The minimum Gasteiger partial charge on any atom is -0.463 e. The summed E-state index contributed by atoms with van der Waals surface area (Å²) in [5.41, 5.74) is 0. The van der Waals surface area contributed by atoms with E-state index in [4.69, 9.17) is 4.42 Å². The normalized spacial score (nSPS) is 13.2. The number of thioether (sulfide) groups is 1. The molecule has 0 saturated carbocycles. The van der Waals surface area contributed by atoms with Gasteiger partial charge in [-0.2, -0.15) is 11.8 Å². The van der Waals surface area contributed by atoms with E-state index in [9.17, 15) is 0 Å². The molecule has 0 aromatic carbocycles. The summed E-state index contributed by atoms with van der Waals surface area (Å²) < 4.78 is 5.74. The smallest absolute Gasteiger partial charge is 0.118 e. The van der Waals surface area contributed by atoms with Gasteiger partial charge in [0, 0.05) is 6.04 Å². The largest absolute Gasteiger partial charge is 0.463 e. The standard InChI is InChI=1S/C13H24N2OS/c1-11(7-8-17-4)15(3)10-13-6-5-12(16-13)9-14-2/h5-6,11,14H,7-10H2,1-4H3. The Balaban J connectivity index is 2.40. The van der Waals surface area contributed by atoms with Crippen LogP contribution in [0.5, 0.6) is 0 Å². The van der Waals surface area contributed by atoms with Crippen molar-refractivity contribution in [1.82, 2.24) is 10.2 Å². The lowest BCUT2D eigenvalue weighted by atomic mass is 10.2. The number of furan rings is 1. The quantitative estimate of drug-likeness (QED) is 0.774. The maximum Gasteiger partial charge on any atom is 0.118 e. The first kappa shape index (κ1) is 14.6. The fraction of sp³-hybridized carbons (Fsp3) is 0.692. The van der Waals surface area contributed by atoms with Crippen LogP contribution in [0.4, 0.5) is 0 Å². The monoisotopic (exact) mass is 256 g/mol. The second-order valence-corrected chi connectivity index (χ2v) is 5.43. The third kappa shape index (κ3) is 5.15. The summed E-state index contributed by atoms with van der Waals surface area (Å²) in [6, 6.07) is 4.72. The first-order chi connectivity index (χ1) is 8.17. The van der Waals surface area contributed by atoms with Gasteiger partial charge in [0.2, 0.25) is 0 Å². The Morgan fingerprint density at radius 3 is 2.76 bits per heavy atom. The minimum absolute atomic E-state index is 0.598. The van der Waals surface area contributed by atoms with E-state index in [0.717, 1.165) is 24.6 Å². The molecule has 4 heteroatoms. The van der Waals surface area contributed by atoms with Crippen molar-refractivity contribution in [2.45, 2.75) is 32.5 Å². The molecule has 0 spiro atoms. The molecular weight excluding hydrogens is 232 g/mol. The van der Waals surface area contributed by atoms with Crippen LogP contribution in [0, 0.1) is 0 Å². The van der Waals surface area contributed by atoms with Crippen LogP contribution in [0.2, 0.25) is 0 Å². The Kier molecular flexibility index (Phi) is 6.70. The van der Waals surface area contributed by atoms with Gasteiger partial charge >= 0.3 is 0 Å². The van der Waals surface area contributed by atoms with Gasteiger partial charge in [0.05, 0.1) is 13.1 Å². The molecule has 0 radical (unpaired) electrons. The minimum atomic E-state index is 0.598. The molecule has 98 valence electrons. The van der Waals surface area contributed by atoms with Crippen LogP contribution >= 0.6 is 11.8 Å². The van der Waals surface area contributed by atoms with Gasteiger partial charge in [0.1, 0.15) is 11.5 Å². The molecule has 0 fully saturated rings. The summed E-state index contributed by atoms with van der Waals surface area (Å²) in [6.07, 6.45) is 3.38. The molecule has 0 saturated heterocycles. The van der Waals surface area contributed by atoms with Crippen LogP contribution in [-0.4, -0.2) is 37.0 Å². The summed E-state index contributed by atoms with van der Waals surface area (Å²) in [5.74, 6) is 3.27. The molecule has 1 rings (SSSR count). The van der Waals surface area contributed by atoms with E-state index < -0.39 is 0 Å². The van der Waals surface area contributed by atoms with E-state index in [1.165, 1.54) is 12.2 Å². The fourth-order valence-electron chi connectivity index (χ4n) is 1.69. The molecule has 1 N–H and O–H groups in total. The maximum atomic E-state index is 5.74. The second-order valence-electron chi connectivity index (χ2n) is 4.44. The molecule has 1 aromatic rings. The molecular formula is C13H24N2OS. The Morgan fingerprint density at radius 1 is 1.41 bits per heavy atom. The summed E-state index contributed by atoms with van der Waals surface area (Å²) in [4.78, 5) is 2.35. The zero-order chi connectivity index (χ0) is 12.7. The first-order valence-electron chi connectivity index (χ1n) is 6.08. The molecule has 3 nitrogen and oxygen atoms in total. The van der Waals surface area contributed by atoms with Crippen LogP contribution in [0.3, 0.4) is 0 Å². The predicted molar refractivity (Wildman–Crippen MR) is 75.4 cm³/mol.